The number of aromatic nitrogens is 2. The largest absolute Gasteiger partial charge is 0.356 e. The van der Waals surface area contributed by atoms with Gasteiger partial charge in [0.2, 0.25) is 5.91 Å². The normalized spacial score (nSPS) is 12.8. The highest BCUT2D eigenvalue weighted by atomic mass is 32.2. The van der Waals surface area contributed by atoms with Crippen LogP contribution >= 0.6 is 11.8 Å². The molecule has 1 heterocycles. The Morgan fingerprint density at radius 3 is 2.45 bits per heavy atom. The second-order valence-electron chi connectivity index (χ2n) is 6.91. The number of amides is 1. The fourth-order valence-electron chi connectivity index (χ4n) is 3.30. The summed E-state index contributed by atoms with van der Waals surface area (Å²) in [5.74, 6) is 0.0466. The number of aromatic amines is 1. The van der Waals surface area contributed by atoms with Crippen LogP contribution in [-0.2, 0) is 17.6 Å². The van der Waals surface area contributed by atoms with Crippen molar-refractivity contribution in [1.29, 1.82) is 0 Å². The van der Waals surface area contributed by atoms with E-state index in [4.69, 9.17) is 0 Å². The van der Waals surface area contributed by atoms with Crippen molar-refractivity contribution in [1.82, 2.24) is 9.97 Å². The standard InChI is InChI=1S/C22H22N4O2S/c27-20(14-29-22-25-19-9-5-4-8-18(19)21(28)26-22)24-17-12-10-16(11-13-17)23-15-6-2-1-3-7-15/h1-3,6-7,10-13,23H,4-5,8-9,14H2,(H,24,27)(H,25,26,28). The molecular weight excluding hydrogens is 384 g/mol. The van der Waals surface area contributed by atoms with Crippen LogP contribution in [-0.4, -0.2) is 21.6 Å². The Morgan fingerprint density at radius 1 is 0.966 bits per heavy atom. The Morgan fingerprint density at radius 2 is 1.66 bits per heavy atom. The quantitative estimate of drug-likeness (QED) is 0.423. The first kappa shape index (κ1) is 19.3. The van der Waals surface area contributed by atoms with E-state index in [0.717, 1.165) is 54.0 Å². The van der Waals surface area contributed by atoms with Gasteiger partial charge in [-0.05, 0) is 62.1 Å². The maximum absolute atomic E-state index is 12.3. The topological polar surface area (TPSA) is 86.9 Å². The van der Waals surface area contributed by atoms with Crippen LogP contribution in [0.4, 0.5) is 17.1 Å². The molecule has 0 saturated heterocycles. The highest BCUT2D eigenvalue weighted by Crippen LogP contribution is 2.21. The molecule has 2 aromatic carbocycles. The van der Waals surface area contributed by atoms with Crippen molar-refractivity contribution in [3.63, 3.8) is 0 Å². The van der Waals surface area contributed by atoms with Gasteiger partial charge in [-0.15, -0.1) is 0 Å². The zero-order valence-electron chi connectivity index (χ0n) is 15.9. The highest BCUT2D eigenvalue weighted by molar-refractivity contribution is 7.99. The number of fused-ring (bicyclic) bond motifs is 1. The van der Waals surface area contributed by atoms with Gasteiger partial charge in [0, 0.05) is 22.6 Å². The molecule has 0 unspecified atom stereocenters. The van der Waals surface area contributed by atoms with E-state index in [1.165, 1.54) is 11.8 Å². The van der Waals surface area contributed by atoms with Gasteiger partial charge >= 0.3 is 0 Å². The second kappa shape index (κ2) is 8.96. The molecule has 4 rings (SSSR count). The number of carbonyl (C=O) groups is 1. The average molecular weight is 407 g/mol. The van der Waals surface area contributed by atoms with E-state index in [1.807, 2.05) is 54.6 Å². The van der Waals surface area contributed by atoms with E-state index >= 15 is 0 Å². The molecule has 7 heteroatoms. The third kappa shape index (κ3) is 5.06. The van der Waals surface area contributed by atoms with Gasteiger partial charge in [-0.3, -0.25) is 9.59 Å². The summed E-state index contributed by atoms with van der Waals surface area (Å²) in [6, 6.07) is 17.4. The zero-order chi connectivity index (χ0) is 20.1. The van der Waals surface area contributed by atoms with E-state index < -0.39 is 0 Å². The number of benzene rings is 2. The summed E-state index contributed by atoms with van der Waals surface area (Å²) >= 11 is 1.25. The van der Waals surface area contributed by atoms with Crippen molar-refractivity contribution < 1.29 is 4.79 Å². The predicted octanol–water partition coefficient (Wildman–Crippen LogP) is 4.12. The summed E-state index contributed by atoms with van der Waals surface area (Å²) in [6.07, 6.45) is 3.72. The first-order valence-electron chi connectivity index (χ1n) is 9.64. The summed E-state index contributed by atoms with van der Waals surface area (Å²) in [4.78, 5) is 31.8. The molecular formula is C22H22N4O2S. The molecule has 1 aromatic heterocycles. The summed E-state index contributed by atoms with van der Waals surface area (Å²) in [5.41, 5.74) is 4.28. The van der Waals surface area contributed by atoms with Gasteiger partial charge in [0.25, 0.3) is 5.56 Å². The monoisotopic (exact) mass is 406 g/mol. The number of rotatable bonds is 6. The molecule has 1 aliphatic rings. The van der Waals surface area contributed by atoms with Crippen LogP contribution in [0, 0.1) is 0 Å². The first-order valence-corrected chi connectivity index (χ1v) is 10.6. The minimum absolute atomic E-state index is 0.0703. The van der Waals surface area contributed by atoms with Crippen molar-refractivity contribution >= 4 is 34.7 Å². The van der Waals surface area contributed by atoms with Crippen molar-refractivity contribution in [3.05, 3.63) is 76.2 Å². The molecule has 0 fully saturated rings. The molecule has 0 saturated carbocycles. The number of thioether (sulfide) groups is 1. The van der Waals surface area contributed by atoms with Gasteiger partial charge in [0.15, 0.2) is 5.16 Å². The molecule has 29 heavy (non-hydrogen) atoms. The van der Waals surface area contributed by atoms with E-state index in [9.17, 15) is 9.59 Å². The minimum Gasteiger partial charge on any atom is -0.356 e. The predicted molar refractivity (Wildman–Crippen MR) is 117 cm³/mol. The lowest BCUT2D eigenvalue weighted by Gasteiger charge is -2.14. The summed E-state index contributed by atoms with van der Waals surface area (Å²) in [5, 5.41) is 6.68. The smallest absolute Gasteiger partial charge is 0.254 e. The fraction of sp³-hybridized carbons (Fsp3) is 0.227. The maximum Gasteiger partial charge on any atom is 0.254 e. The number of H-pyrrole nitrogens is 1. The molecule has 1 aliphatic carbocycles. The Kier molecular flexibility index (Phi) is 5.95. The Balaban J connectivity index is 1.32. The average Bonchev–Trinajstić information content (AvgIpc) is 2.74. The third-order valence-electron chi connectivity index (χ3n) is 4.74. The van der Waals surface area contributed by atoms with Gasteiger partial charge in [0.05, 0.1) is 11.4 Å². The van der Waals surface area contributed by atoms with Gasteiger partial charge in [-0.25, -0.2) is 4.98 Å². The van der Waals surface area contributed by atoms with Crippen LogP contribution in [0.2, 0.25) is 0 Å². The summed E-state index contributed by atoms with van der Waals surface area (Å²) < 4.78 is 0. The summed E-state index contributed by atoms with van der Waals surface area (Å²) in [6.45, 7) is 0. The van der Waals surface area contributed by atoms with Crippen molar-refractivity contribution in [3.8, 4) is 0 Å². The van der Waals surface area contributed by atoms with E-state index in [1.54, 1.807) is 0 Å². The molecule has 3 N–H and O–H groups in total. The van der Waals surface area contributed by atoms with Crippen LogP contribution in [0.1, 0.15) is 24.1 Å². The van der Waals surface area contributed by atoms with Crippen molar-refractivity contribution in [2.45, 2.75) is 30.8 Å². The lowest BCUT2D eigenvalue weighted by molar-refractivity contribution is -0.113. The Labute approximate surface area is 173 Å². The fourth-order valence-corrected chi connectivity index (χ4v) is 3.98. The number of nitrogens with zero attached hydrogens (tertiary/aromatic N) is 1. The van der Waals surface area contributed by atoms with E-state index in [0.29, 0.717) is 5.16 Å². The van der Waals surface area contributed by atoms with Crippen LogP contribution < -0.4 is 16.2 Å². The number of aryl methyl sites for hydroxylation is 1. The highest BCUT2D eigenvalue weighted by Gasteiger charge is 2.16. The van der Waals surface area contributed by atoms with Gasteiger partial charge in [-0.2, -0.15) is 0 Å². The third-order valence-corrected chi connectivity index (χ3v) is 5.61. The number of anilines is 3. The molecule has 148 valence electrons. The summed E-state index contributed by atoms with van der Waals surface area (Å²) in [7, 11) is 0. The van der Waals surface area contributed by atoms with Crippen molar-refractivity contribution in [2.75, 3.05) is 16.4 Å². The Hall–Kier alpha value is -3.06. The van der Waals surface area contributed by atoms with Gasteiger partial charge in [-0.1, -0.05) is 30.0 Å². The number of nitrogens with one attached hydrogen (secondary N) is 3. The lowest BCUT2D eigenvalue weighted by atomic mass is 9.97. The van der Waals surface area contributed by atoms with Crippen LogP contribution in [0.15, 0.2) is 64.5 Å². The SMILES string of the molecule is O=C(CSc1nc2c(c(=O)[nH]1)CCCC2)Nc1ccc(Nc2ccccc2)cc1. The maximum atomic E-state index is 12.3. The zero-order valence-corrected chi connectivity index (χ0v) is 16.7. The minimum atomic E-state index is -0.140. The van der Waals surface area contributed by atoms with Crippen molar-refractivity contribution in [2.24, 2.45) is 0 Å². The lowest BCUT2D eigenvalue weighted by Crippen LogP contribution is -2.22. The van der Waals surface area contributed by atoms with Gasteiger partial charge in [0.1, 0.15) is 0 Å². The molecule has 3 aromatic rings. The van der Waals surface area contributed by atoms with Crippen LogP contribution in [0.25, 0.3) is 0 Å². The number of hydrogen-bond donors (Lipinski definition) is 3. The Bertz CT molecular complexity index is 1050. The molecule has 0 spiro atoms. The first-order chi connectivity index (χ1) is 14.2. The molecule has 0 atom stereocenters. The van der Waals surface area contributed by atoms with Crippen LogP contribution in [0.5, 0.6) is 0 Å². The van der Waals surface area contributed by atoms with Crippen LogP contribution in [0.3, 0.4) is 0 Å². The van der Waals surface area contributed by atoms with E-state index in [-0.39, 0.29) is 17.2 Å². The van der Waals surface area contributed by atoms with Gasteiger partial charge < -0.3 is 15.6 Å². The molecule has 0 aliphatic heterocycles. The van der Waals surface area contributed by atoms with E-state index in [2.05, 4.69) is 20.6 Å². The number of hydrogen-bond acceptors (Lipinski definition) is 5. The molecule has 1 amide bonds. The molecule has 0 radical (unpaired) electrons. The second-order valence-corrected chi connectivity index (χ2v) is 7.87. The molecule has 6 nitrogen and oxygen atoms in total. The number of para-hydroxylation sites is 1. The molecule has 0 bridgehead atoms. The number of carbonyl (C=O) groups excluding carboxylic acids is 1.